The zero-order chi connectivity index (χ0) is 27.5. The number of nitrogens with one attached hydrogen (secondary N) is 1. The van der Waals surface area contributed by atoms with Crippen LogP contribution in [0.25, 0.3) is 33.5 Å². The summed E-state index contributed by atoms with van der Waals surface area (Å²) in [6, 6.07) is 28.8. The fourth-order valence-electron chi connectivity index (χ4n) is 4.26. The highest BCUT2D eigenvalue weighted by Crippen LogP contribution is 2.31. The van der Waals surface area contributed by atoms with Crippen LogP contribution < -0.4 is 5.32 Å². The molecule has 0 saturated carbocycles. The Labute approximate surface area is 227 Å². The molecule has 1 atom stereocenters. The molecule has 0 aliphatic heterocycles. The molecule has 6 heteroatoms. The lowest BCUT2D eigenvalue weighted by atomic mass is 10.0. The zero-order valence-electron chi connectivity index (χ0n) is 22.4. The van der Waals surface area contributed by atoms with Crippen molar-refractivity contribution < 1.29 is 14.3 Å². The molecule has 0 aliphatic rings. The van der Waals surface area contributed by atoms with E-state index in [2.05, 4.69) is 17.4 Å². The maximum atomic E-state index is 13.0. The van der Waals surface area contributed by atoms with Crippen molar-refractivity contribution in [1.82, 2.24) is 9.97 Å². The quantitative estimate of drug-likeness (QED) is 0.245. The summed E-state index contributed by atoms with van der Waals surface area (Å²) in [5, 5.41) is 2.79. The van der Waals surface area contributed by atoms with Crippen LogP contribution in [0, 0.1) is 20.8 Å². The summed E-state index contributed by atoms with van der Waals surface area (Å²) in [4.78, 5) is 35.5. The molecular formula is C33H29N3O3. The Morgan fingerprint density at radius 2 is 1.28 bits per heavy atom. The fraction of sp³-hybridized carbons (Fsp3) is 0.152. The number of carbonyl (C=O) groups excluding carboxylic acids is 2. The third-order valence-electron chi connectivity index (χ3n) is 6.49. The number of ether oxygens (including phenoxy) is 1. The lowest BCUT2D eigenvalue weighted by Crippen LogP contribution is -2.30. The third-order valence-corrected chi connectivity index (χ3v) is 6.49. The molecule has 0 aliphatic carbocycles. The lowest BCUT2D eigenvalue weighted by Gasteiger charge is -2.14. The van der Waals surface area contributed by atoms with Crippen LogP contribution in [0.15, 0.2) is 91.0 Å². The van der Waals surface area contributed by atoms with Crippen LogP contribution in [0.3, 0.4) is 0 Å². The molecule has 0 bridgehead atoms. The van der Waals surface area contributed by atoms with Gasteiger partial charge >= 0.3 is 5.97 Å². The summed E-state index contributed by atoms with van der Waals surface area (Å²) in [7, 11) is 0. The molecule has 194 valence electrons. The van der Waals surface area contributed by atoms with Gasteiger partial charge in [-0.3, -0.25) is 4.79 Å². The van der Waals surface area contributed by atoms with Gasteiger partial charge in [0.05, 0.1) is 28.0 Å². The van der Waals surface area contributed by atoms with Gasteiger partial charge in [0.25, 0.3) is 5.91 Å². The van der Waals surface area contributed by atoms with Gasteiger partial charge in [0.2, 0.25) is 0 Å². The van der Waals surface area contributed by atoms with Crippen molar-refractivity contribution in [3.8, 4) is 22.5 Å². The van der Waals surface area contributed by atoms with Crippen LogP contribution in [0.5, 0.6) is 0 Å². The first kappa shape index (κ1) is 25.8. The summed E-state index contributed by atoms with van der Waals surface area (Å²) in [6.07, 6.45) is -0.980. The molecule has 39 heavy (non-hydrogen) atoms. The number of anilines is 1. The van der Waals surface area contributed by atoms with Crippen LogP contribution in [-0.2, 0) is 9.53 Å². The number of aryl methyl sites for hydroxylation is 3. The topological polar surface area (TPSA) is 81.2 Å². The Balaban J connectivity index is 1.45. The maximum Gasteiger partial charge on any atom is 0.338 e. The molecule has 0 saturated heterocycles. The summed E-state index contributed by atoms with van der Waals surface area (Å²) in [5.41, 5.74) is 8.88. The van der Waals surface area contributed by atoms with E-state index >= 15 is 0 Å². The van der Waals surface area contributed by atoms with Crippen molar-refractivity contribution in [2.75, 3.05) is 5.32 Å². The molecule has 1 amide bonds. The van der Waals surface area contributed by atoms with Gasteiger partial charge in [0.1, 0.15) is 0 Å². The minimum absolute atomic E-state index is 0.296. The Kier molecular flexibility index (Phi) is 7.19. The predicted octanol–water partition coefficient (Wildman–Crippen LogP) is 7.07. The molecule has 5 rings (SSSR count). The first-order valence-electron chi connectivity index (χ1n) is 12.8. The first-order chi connectivity index (χ1) is 18.8. The van der Waals surface area contributed by atoms with Gasteiger partial charge in [-0.2, -0.15) is 0 Å². The van der Waals surface area contributed by atoms with Crippen molar-refractivity contribution in [2.45, 2.75) is 33.8 Å². The monoisotopic (exact) mass is 515 g/mol. The van der Waals surface area contributed by atoms with Crippen LogP contribution >= 0.6 is 0 Å². The standard InChI is InChI=1S/C33H29N3O3/c1-20-8-12-24(13-9-20)30-31(25-14-10-21(2)11-15-25)36-29-19-26(16-17-28(29)35-30)33(38)39-23(4)32(37)34-27-7-5-6-22(3)18-27/h5-19,23H,1-4H3,(H,34,37). The summed E-state index contributed by atoms with van der Waals surface area (Å²) in [5.74, 6) is -1.01. The first-order valence-corrected chi connectivity index (χ1v) is 12.8. The number of amides is 1. The number of carbonyl (C=O) groups is 2. The second-order valence-corrected chi connectivity index (χ2v) is 9.76. The largest absolute Gasteiger partial charge is 0.449 e. The van der Waals surface area contributed by atoms with E-state index in [0.717, 1.165) is 39.2 Å². The molecule has 1 unspecified atom stereocenters. The second kappa shape index (κ2) is 10.9. The highest BCUT2D eigenvalue weighted by Gasteiger charge is 2.20. The van der Waals surface area contributed by atoms with E-state index in [1.807, 2.05) is 75.4 Å². The molecular weight excluding hydrogens is 486 g/mol. The van der Waals surface area contributed by atoms with E-state index in [1.54, 1.807) is 31.2 Å². The van der Waals surface area contributed by atoms with Crippen LogP contribution in [0.1, 0.15) is 34.0 Å². The summed E-state index contributed by atoms with van der Waals surface area (Å²) >= 11 is 0. The SMILES string of the molecule is Cc1ccc(-c2nc3ccc(C(=O)OC(C)C(=O)Nc4cccc(C)c4)cc3nc2-c2ccc(C)cc2)cc1. The maximum absolute atomic E-state index is 13.0. The van der Waals surface area contributed by atoms with Crippen LogP contribution in [0.4, 0.5) is 5.69 Å². The molecule has 1 heterocycles. The van der Waals surface area contributed by atoms with Crippen molar-refractivity contribution in [2.24, 2.45) is 0 Å². The highest BCUT2D eigenvalue weighted by atomic mass is 16.5. The second-order valence-electron chi connectivity index (χ2n) is 9.76. The molecule has 6 nitrogen and oxygen atoms in total. The molecule has 5 aromatic rings. The number of nitrogens with zero attached hydrogens (tertiary/aromatic N) is 2. The Bertz CT molecular complexity index is 1680. The number of aromatic nitrogens is 2. The lowest BCUT2D eigenvalue weighted by molar-refractivity contribution is -0.123. The van der Waals surface area contributed by atoms with Gasteiger partial charge in [-0.1, -0.05) is 71.8 Å². The normalized spacial score (nSPS) is 11.7. The van der Waals surface area contributed by atoms with E-state index in [4.69, 9.17) is 14.7 Å². The highest BCUT2D eigenvalue weighted by molar-refractivity contribution is 5.99. The van der Waals surface area contributed by atoms with E-state index in [9.17, 15) is 9.59 Å². The molecule has 0 fully saturated rings. The molecule has 1 N–H and O–H groups in total. The van der Waals surface area contributed by atoms with Gasteiger partial charge in [0, 0.05) is 16.8 Å². The fourth-order valence-corrected chi connectivity index (χ4v) is 4.26. The van der Waals surface area contributed by atoms with Crippen LogP contribution in [0.2, 0.25) is 0 Å². The Morgan fingerprint density at radius 3 is 1.87 bits per heavy atom. The van der Waals surface area contributed by atoms with Gasteiger partial charge in [-0.05, 0) is 63.6 Å². The van der Waals surface area contributed by atoms with Crippen molar-refractivity contribution in [3.05, 3.63) is 113 Å². The number of esters is 1. The number of hydrogen-bond donors (Lipinski definition) is 1. The van der Waals surface area contributed by atoms with E-state index in [1.165, 1.54) is 0 Å². The summed E-state index contributed by atoms with van der Waals surface area (Å²) < 4.78 is 5.48. The van der Waals surface area contributed by atoms with E-state index in [-0.39, 0.29) is 0 Å². The number of benzene rings is 4. The van der Waals surface area contributed by atoms with Crippen LogP contribution in [-0.4, -0.2) is 27.9 Å². The zero-order valence-corrected chi connectivity index (χ0v) is 22.4. The van der Waals surface area contributed by atoms with Crippen molar-refractivity contribution >= 4 is 28.6 Å². The molecule has 1 aromatic heterocycles. The summed E-state index contributed by atoms with van der Waals surface area (Å²) in [6.45, 7) is 7.57. The van der Waals surface area contributed by atoms with Gasteiger partial charge in [0.15, 0.2) is 6.10 Å². The average Bonchev–Trinajstić information content (AvgIpc) is 2.93. The van der Waals surface area contributed by atoms with Gasteiger partial charge < -0.3 is 10.1 Å². The van der Waals surface area contributed by atoms with Gasteiger partial charge in [-0.25, -0.2) is 14.8 Å². The Hall–Kier alpha value is -4.84. The van der Waals surface area contributed by atoms with Gasteiger partial charge in [-0.15, -0.1) is 0 Å². The number of hydrogen-bond acceptors (Lipinski definition) is 5. The third kappa shape index (κ3) is 5.85. The predicted molar refractivity (Wildman–Crippen MR) is 155 cm³/mol. The number of fused-ring (bicyclic) bond motifs is 1. The van der Waals surface area contributed by atoms with E-state index in [0.29, 0.717) is 22.3 Å². The molecule has 0 spiro atoms. The van der Waals surface area contributed by atoms with E-state index < -0.39 is 18.0 Å². The Morgan fingerprint density at radius 1 is 0.692 bits per heavy atom. The number of rotatable bonds is 6. The molecule has 0 radical (unpaired) electrons. The average molecular weight is 516 g/mol. The minimum atomic E-state index is -0.980. The smallest absolute Gasteiger partial charge is 0.338 e. The van der Waals surface area contributed by atoms with Crippen molar-refractivity contribution in [3.63, 3.8) is 0 Å². The minimum Gasteiger partial charge on any atom is -0.449 e. The van der Waals surface area contributed by atoms with Crippen molar-refractivity contribution in [1.29, 1.82) is 0 Å². The molecule has 4 aromatic carbocycles.